The van der Waals surface area contributed by atoms with Gasteiger partial charge in [-0.2, -0.15) is 0 Å². The van der Waals surface area contributed by atoms with Crippen molar-refractivity contribution in [1.29, 1.82) is 0 Å². The van der Waals surface area contributed by atoms with Gasteiger partial charge in [-0.05, 0) is 19.9 Å². The van der Waals surface area contributed by atoms with E-state index in [9.17, 15) is 8.42 Å². The van der Waals surface area contributed by atoms with Crippen LogP contribution in [0, 0.1) is 0 Å². The Morgan fingerprint density at radius 3 is 2.43 bits per heavy atom. The first-order chi connectivity index (χ1) is 6.64. The molecule has 0 aromatic heterocycles. The molecule has 0 aromatic rings. The molecule has 0 atom stereocenters. The van der Waals surface area contributed by atoms with Gasteiger partial charge in [0.15, 0.2) is 0 Å². The highest BCUT2D eigenvalue weighted by Gasteiger charge is 2.13. The summed E-state index contributed by atoms with van der Waals surface area (Å²) in [6.07, 6.45) is 6.26. The summed E-state index contributed by atoms with van der Waals surface area (Å²) < 4.78 is 24.5. The minimum Gasteiger partial charge on any atom is -0.313 e. The summed E-state index contributed by atoms with van der Waals surface area (Å²) in [6.45, 7) is 0.563. The second-order valence-electron chi connectivity index (χ2n) is 3.81. The van der Waals surface area contributed by atoms with Gasteiger partial charge < -0.3 is 5.32 Å². The predicted octanol–water partition coefficient (Wildman–Crippen LogP) is 0.458. The van der Waals surface area contributed by atoms with E-state index < -0.39 is 10.0 Å². The van der Waals surface area contributed by atoms with Crippen LogP contribution in [0.1, 0.15) is 32.1 Å². The van der Waals surface area contributed by atoms with E-state index in [0.29, 0.717) is 12.6 Å². The SMILES string of the molecule is CNS(=O)(=O)CCNC1CCCCC1. The molecule has 1 fully saturated rings. The predicted molar refractivity (Wildman–Crippen MR) is 57.7 cm³/mol. The average molecular weight is 220 g/mol. The molecule has 14 heavy (non-hydrogen) atoms. The third kappa shape index (κ3) is 4.39. The van der Waals surface area contributed by atoms with E-state index in [1.165, 1.54) is 39.2 Å². The molecule has 1 saturated carbocycles. The van der Waals surface area contributed by atoms with Crippen molar-refractivity contribution in [1.82, 2.24) is 10.0 Å². The molecule has 0 aromatic carbocycles. The Bertz CT molecular complexity index is 246. The maximum atomic E-state index is 11.1. The normalized spacial score (nSPS) is 19.8. The summed E-state index contributed by atoms with van der Waals surface area (Å²) in [6, 6.07) is 0.538. The fraction of sp³-hybridized carbons (Fsp3) is 1.00. The first kappa shape index (κ1) is 11.9. The molecular formula is C9H20N2O2S. The monoisotopic (exact) mass is 220 g/mol. The van der Waals surface area contributed by atoms with E-state index in [1.807, 2.05) is 0 Å². The largest absolute Gasteiger partial charge is 0.313 e. The summed E-state index contributed by atoms with van der Waals surface area (Å²) in [5, 5.41) is 3.29. The van der Waals surface area contributed by atoms with Crippen molar-refractivity contribution < 1.29 is 8.42 Å². The standard InChI is InChI=1S/C9H20N2O2S/c1-10-14(12,13)8-7-11-9-5-3-2-4-6-9/h9-11H,2-8H2,1H3. The van der Waals surface area contributed by atoms with Gasteiger partial charge in [-0.3, -0.25) is 0 Å². The molecule has 0 spiro atoms. The zero-order valence-electron chi connectivity index (χ0n) is 8.75. The molecular weight excluding hydrogens is 200 g/mol. The van der Waals surface area contributed by atoms with Crippen LogP contribution in [0.2, 0.25) is 0 Å². The molecule has 1 aliphatic carbocycles. The van der Waals surface area contributed by atoms with E-state index in [1.54, 1.807) is 0 Å². The highest BCUT2D eigenvalue weighted by molar-refractivity contribution is 7.89. The average Bonchev–Trinajstić information content (AvgIpc) is 2.19. The van der Waals surface area contributed by atoms with Gasteiger partial charge in [-0.25, -0.2) is 13.1 Å². The van der Waals surface area contributed by atoms with Crippen molar-refractivity contribution in [3.05, 3.63) is 0 Å². The summed E-state index contributed by atoms with van der Waals surface area (Å²) >= 11 is 0. The highest BCUT2D eigenvalue weighted by Crippen LogP contribution is 2.16. The zero-order chi connectivity index (χ0) is 10.4. The van der Waals surface area contributed by atoms with Crippen LogP contribution >= 0.6 is 0 Å². The zero-order valence-corrected chi connectivity index (χ0v) is 9.57. The molecule has 1 aliphatic rings. The minimum atomic E-state index is -3.03. The lowest BCUT2D eigenvalue weighted by Gasteiger charge is -2.22. The second kappa shape index (κ2) is 5.68. The lowest BCUT2D eigenvalue weighted by atomic mass is 9.96. The van der Waals surface area contributed by atoms with Crippen molar-refractivity contribution in [2.45, 2.75) is 38.1 Å². The highest BCUT2D eigenvalue weighted by atomic mass is 32.2. The molecule has 4 nitrogen and oxygen atoms in total. The van der Waals surface area contributed by atoms with Crippen LogP contribution in [-0.4, -0.2) is 33.8 Å². The van der Waals surface area contributed by atoms with Crippen LogP contribution in [0.3, 0.4) is 0 Å². The minimum absolute atomic E-state index is 0.181. The molecule has 84 valence electrons. The summed E-state index contributed by atoms with van der Waals surface area (Å²) in [4.78, 5) is 0. The first-order valence-corrected chi connectivity index (χ1v) is 6.94. The Labute approximate surface area is 86.5 Å². The number of rotatable bonds is 5. The van der Waals surface area contributed by atoms with Gasteiger partial charge in [0.25, 0.3) is 0 Å². The first-order valence-electron chi connectivity index (χ1n) is 5.28. The quantitative estimate of drug-likeness (QED) is 0.707. The summed E-state index contributed by atoms with van der Waals surface area (Å²) in [5.74, 6) is 0.181. The van der Waals surface area contributed by atoms with Crippen LogP contribution in [0.5, 0.6) is 0 Å². The van der Waals surface area contributed by atoms with Crippen LogP contribution < -0.4 is 10.0 Å². The molecule has 5 heteroatoms. The topological polar surface area (TPSA) is 58.2 Å². The van der Waals surface area contributed by atoms with Gasteiger partial charge in [-0.1, -0.05) is 19.3 Å². The van der Waals surface area contributed by atoms with Gasteiger partial charge in [0.2, 0.25) is 10.0 Å². The van der Waals surface area contributed by atoms with Crippen molar-refractivity contribution >= 4 is 10.0 Å². The Kier molecular flexibility index (Phi) is 4.84. The maximum absolute atomic E-state index is 11.1. The fourth-order valence-corrected chi connectivity index (χ4v) is 2.40. The van der Waals surface area contributed by atoms with Gasteiger partial charge in [-0.15, -0.1) is 0 Å². The second-order valence-corrected chi connectivity index (χ2v) is 5.86. The number of nitrogens with one attached hydrogen (secondary N) is 2. The van der Waals surface area contributed by atoms with Crippen molar-refractivity contribution in [3.8, 4) is 0 Å². The van der Waals surface area contributed by atoms with Gasteiger partial charge in [0, 0.05) is 12.6 Å². The van der Waals surface area contributed by atoms with Crippen LogP contribution in [-0.2, 0) is 10.0 Å². The lowest BCUT2D eigenvalue weighted by molar-refractivity contribution is 0.380. The van der Waals surface area contributed by atoms with Crippen LogP contribution in [0.25, 0.3) is 0 Å². The van der Waals surface area contributed by atoms with Gasteiger partial charge in [0.1, 0.15) is 0 Å². The number of sulfonamides is 1. The molecule has 1 rings (SSSR count). The molecule has 0 saturated heterocycles. The number of hydrogen-bond donors (Lipinski definition) is 2. The molecule has 0 radical (unpaired) electrons. The molecule has 0 aliphatic heterocycles. The van der Waals surface area contributed by atoms with Gasteiger partial charge in [0.05, 0.1) is 5.75 Å². The summed E-state index contributed by atoms with van der Waals surface area (Å²) in [7, 11) is -1.58. The molecule has 0 bridgehead atoms. The van der Waals surface area contributed by atoms with E-state index in [2.05, 4.69) is 10.0 Å². The third-order valence-corrected chi connectivity index (χ3v) is 4.08. The maximum Gasteiger partial charge on any atom is 0.212 e. The fourth-order valence-electron chi connectivity index (χ4n) is 1.81. The van der Waals surface area contributed by atoms with Crippen molar-refractivity contribution in [2.24, 2.45) is 0 Å². The molecule has 0 unspecified atom stereocenters. The van der Waals surface area contributed by atoms with Crippen LogP contribution in [0.15, 0.2) is 0 Å². The smallest absolute Gasteiger partial charge is 0.212 e. The Morgan fingerprint density at radius 2 is 1.86 bits per heavy atom. The Morgan fingerprint density at radius 1 is 1.21 bits per heavy atom. The van der Waals surface area contributed by atoms with Crippen LogP contribution in [0.4, 0.5) is 0 Å². The third-order valence-electron chi connectivity index (χ3n) is 2.72. The van der Waals surface area contributed by atoms with E-state index >= 15 is 0 Å². The molecule has 0 amide bonds. The van der Waals surface area contributed by atoms with E-state index in [0.717, 1.165) is 0 Å². The van der Waals surface area contributed by atoms with Crippen molar-refractivity contribution in [3.63, 3.8) is 0 Å². The molecule has 0 heterocycles. The Balaban J connectivity index is 2.14. The number of hydrogen-bond acceptors (Lipinski definition) is 3. The van der Waals surface area contributed by atoms with Gasteiger partial charge >= 0.3 is 0 Å². The Hall–Kier alpha value is -0.130. The van der Waals surface area contributed by atoms with E-state index in [-0.39, 0.29) is 5.75 Å². The van der Waals surface area contributed by atoms with Crippen molar-refractivity contribution in [2.75, 3.05) is 19.3 Å². The lowest BCUT2D eigenvalue weighted by Crippen LogP contribution is -2.36. The van der Waals surface area contributed by atoms with E-state index in [4.69, 9.17) is 0 Å². The molecule has 2 N–H and O–H groups in total. The summed E-state index contributed by atoms with van der Waals surface area (Å²) in [5.41, 5.74) is 0.